The third kappa shape index (κ3) is 4.58. The summed E-state index contributed by atoms with van der Waals surface area (Å²) in [6.07, 6.45) is 0.569. The van der Waals surface area contributed by atoms with E-state index in [-0.39, 0.29) is 5.91 Å². The second kappa shape index (κ2) is 8.37. The van der Waals surface area contributed by atoms with Crippen molar-refractivity contribution in [1.29, 1.82) is 0 Å². The predicted octanol–water partition coefficient (Wildman–Crippen LogP) is 5.72. The third-order valence-corrected chi connectivity index (χ3v) is 4.64. The van der Waals surface area contributed by atoms with Crippen molar-refractivity contribution in [3.05, 3.63) is 88.8 Å². The largest absolute Gasteiger partial charge is 0.494 e. The summed E-state index contributed by atoms with van der Waals surface area (Å²) in [6.45, 7) is 2.50. The van der Waals surface area contributed by atoms with Crippen molar-refractivity contribution >= 4 is 34.3 Å². The molecule has 0 fully saturated rings. The molecule has 4 aromatic rings. The third-order valence-electron chi connectivity index (χ3n) is 4.39. The van der Waals surface area contributed by atoms with E-state index in [0.29, 0.717) is 46.3 Å². The second-order valence-corrected chi connectivity index (χ2v) is 6.94. The molecule has 29 heavy (non-hydrogen) atoms. The Balaban J connectivity index is 1.48. The van der Waals surface area contributed by atoms with E-state index in [4.69, 9.17) is 20.8 Å². The Hall–Kier alpha value is -3.31. The maximum Gasteiger partial charge on any atom is 0.255 e. The van der Waals surface area contributed by atoms with Gasteiger partial charge in [0.25, 0.3) is 5.91 Å². The summed E-state index contributed by atoms with van der Waals surface area (Å²) in [5.74, 6) is 1.15. The fourth-order valence-electron chi connectivity index (χ4n) is 2.98. The van der Waals surface area contributed by atoms with E-state index in [1.807, 2.05) is 37.3 Å². The number of carbonyl (C=O) groups is 1. The van der Waals surface area contributed by atoms with Crippen LogP contribution >= 0.6 is 11.6 Å². The van der Waals surface area contributed by atoms with Crippen molar-refractivity contribution in [2.24, 2.45) is 0 Å². The average Bonchev–Trinajstić information content (AvgIpc) is 3.12. The molecule has 5 nitrogen and oxygen atoms in total. The molecular weight excluding hydrogens is 388 g/mol. The molecule has 0 radical (unpaired) electrons. The number of anilines is 1. The van der Waals surface area contributed by atoms with Crippen LogP contribution < -0.4 is 10.1 Å². The van der Waals surface area contributed by atoms with Gasteiger partial charge in [-0.25, -0.2) is 4.98 Å². The normalized spacial score (nSPS) is 10.8. The molecule has 0 bridgehead atoms. The molecule has 1 aromatic heterocycles. The highest BCUT2D eigenvalue weighted by molar-refractivity contribution is 6.30. The molecule has 146 valence electrons. The Bertz CT molecular complexity index is 1140. The Morgan fingerprint density at radius 1 is 1.07 bits per heavy atom. The Labute approximate surface area is 173 Å². The zero-order valence-corrected chi connectivity index (χ0v) is 16.6. The van der Waals surface area contributed by atoms with E-state index in [9.17, 15) is 4.79 Å². The molecule has 1 heterocycles. The molecule has 0 atom stereocenters. The van der Waals surface area contributed by atoms with Crippen molar-refractivity contribution in [3.63, 3.8) is 0 Å². The lowest BCUT2D eigenvalue weighted by atomic mass is 10.1. The lowest BCUT2D eigenvalue weighted by Gasteiger charge is -2.06. The first-order chi connectivity index (χ1) is 14.1. The molecule has 1 N–H and O–H groups in total. The zero-order valence-electron chi connectivity index (χ0n) is 15.8. The molecule has 0 unspecified atom stereocenters. The summed E-state index contributed by atoms with van der Waals surface area (Å²) in [6, 6.07) is 20.0. The van der Waals surface area contributed by atoms with Gasteiger partial charge in [-0.1, -0.05) is 23.7 Å². The topological polar surface area (TPSA) is 64.4 Å². The lowest BCUT2D eigenvalue weighted by Crippen LogP contribution is -2.11. The van der Waals surface area contributed by atoms with E-state index >= 15 is 0 Å². The standard InChI is InChI=1S/C23H19ClN2O3/c1-2-28-19-10-5-16(6-11-19)23(27)25-18-9-12-21-20(14-18)26-22(29-21)13-15-3-7-17(24)8-4-15/h3-12,14H,2,13H2,1H3,(H,25,27). The fourth-order valence-corrected chi connectivity index (χ4v) is 3.10. The number of hydrogen-bond donors (Lipinski definition) is 1. The van der Waals surface area contributed by atoms with Gasteiger partial charge in [0.05, 0.1) is 6.61 Å². The lowest BCUT2D eigenvalue weighted by molar-refractivity contribution is 0.102. The second-order valence-electron chi connectivity index (χ2n) is 6.50. The van der Waals surface area contributed by atoms with Crippen LogP contribution in [-0.2, 0) is 6.42 Å². The van der Waals surface area contributed by atoms with Gasteiger partial charge in [-0.05, 0) is 67.1 Å². The Kier molecular flexibility index (Phi) is 5.49. The maximum absolute atomic E-state index is 12.5. The van der Waals surface area contributed by atoms with Crippen LogP contribution in [0.15, 0.2) is 71.1 Å². The molecule has 3 aromatic carbocycles. The molecule has 4 rings (SSSR count). The Morgan fingerprint density at radius 3 is 2.55 bits per heavy atom. The molecule has 1 amide bonds. The van der Waals surface area contributed by atoms with Crippen LogP contribution in [0.25, 0.3) is 11.1 Å². The number of oxazole rings is 1. The number of hydrogen-bond acceptors (Lipinski definition) is 4. The van der Waals surface area contributed by atoms with Crippen molar-refractivity contribution in [3.8, 4) is 5.75 Å². The van der Waals surface area contributed by atoms with Gasteiger partial charge in [0.1, 0.15) is 11.3 Å². The van der Waals surface area contributed by atoms with Gasteiger partial charge < -0.3 is 14.5 Å². The highest BCUT2D eigenvalue weighted by atomic mass is 35.5. The fraction of sp³-hybridized carbons (Fsp3) is 0.130. The van der Waals surface area contributed by atoms with Crippen LogP contribution in [0.2, 0.25) is 5.02 Å². The first kappa shape index (κ1) is 19.0. The van der Waals surface area contributed by atoms with Crippen molar-refractivity contribution in [1.82, 2.24) is 4.98 Å². The SMILES string of the molecule is CCOc1ccc(C(=O)Nc2ccc3oc(Cc4ccc(Cl)cc4)nc3c2)cc1. The van der Waals surface area contributed by atoms with E-state index < -0.39 is 0 Å². The summed E-state index contributed by atoms with van der Waals surface area (Å²) in [7, 11) is 0. The molecular formula is C23H19ClN2O3. The first-order valence-electron chi connectivity index (χ1n) is 9.29. The van der Waals surface area contributed by atoms with E-state index in [2.05, 4.69) is 10.3 Å². The van der Waals surface area contributed by atoms with Gasteiger partial charge in [0.15, 0.2) is 11.5 Å². The number of amides is 1. The first-order valence-corrected chi connectivity index (χ1v) is 9.66. The van der Waals surface area contributed by atoms with Crippen LogP contribution in [-0.4, -0.2) is 17.5 Å². The number of nitrogens with one attached hydrogen (secondary N) is 1. The predicted molar refractivity (Wildman–Crippen MR) is 114 cm³/mol. The number of nitrogens with zero attached hydrogens (tertiary/aromatic N) is 1. The minimum absolute atomic E-state index is 0.197. The van der Waals surface area contributed by atoms with Crippen LogP contribution in [0.3, 0.4) is 0 Å². The van der Waals surface area contributed by atoms with E-state index in [1.54, 1.807) is 36.4 Å². The van der Waals surface area contributed by atoms with E-state index in [1.165, 1.54) is 0 Å². The minimum Gasteiger partial charge on any atom is -0.494 e. The van der Waals surface area contributed by atoms with E-state index in [0.717, 1.165) is 11.3 Å². The van der Waals surface area contributed by atoms with Crippen LogP contribution in [0, 0.1) is 0 Å². The maximum atomic E-state index is 12.5. The van der Waals surface area contributed by atoms with Gasteiger partial charge >= 0.3 is 0 Å². The molecule has 0 saturated carbocycles. The number of halogens is 1. The number of aromatic nitrogens is 1. The van der Waals surface area contributed by atoms with Gasteiger partial charge in [-0.15, -0.1) is 0 Å². The number of benzene rings is 3. The van der Waals surface area contributed by atoms with Gasteiger partial charge in [0.2, 0.25) is 0 Å². The average molecular weight is 407 g/mol. The number of carbonyl (C=O) groups excluding carboxylic acids is 1. The van der Waals surface area contributed by atoms with Crippen LogP contribution in [0.4, 0.5) is 5.69 Å². The van der Waals surface area contributed by atoms with Gasteiger partial charge in [0, 0.05) is 22.7 Å². The van der Waals surface area contributed by atoms with Crippen LogP contribution in [0.5, 0.6) is 5.75 Å². The molecule has 0 saturated heterocycles. The van der Waals surface area contributed by atoms with Gasteiger partial charge in [-0.3, -0.25) is 4.79 Å². The van der Waals surface area contributed by atoms with Crippen LogP contribution in [0.1, 0.15) is 28.7 Å². The molecule has 0 spiro atoms. The monoisotopic (exact) mass is 406 g/mol. The van der Waals surface area contributed by atoms with Crippen molar-refractivity contribution in [2.75, 3.05) is 11.9 Å². The minimum atomic E-state index is -0.197. The molecule has 0 aliphatic carbocycles. The summed E-state index contributed by atoms with van der Waals surface area (Å²) in [5, 5.41) is 3.58. The van der Waals surface area contributed by atoms with Gasteiger partial charge in [-0.2, -0.15) is 0 Å². The number of ether oxygens (including phenoxy) is 1. The number of rotatable bonds is 6. The summed E-state index contributed by atoms with van der Waals surface area (Å²) < 4.78 is 11.2. The molecule has 0 aliphatic rings. The summed E-state index contributed by atoms with van der Waals surface area (Å²) >= 11 is 5.92. The highest BCUT2D eigenvalue weighted by Gasteiger charge is 2.10. The molecule has 6 heteroatoms. The zero-order chi connectivity index (χ0) is 20.2. The van der Waals surface area contributed by atoms with Crippen molar-refractivity contribution in [2.45, 2.75) is 13.3 Å². The Morgan fingerprint density at radius 2 is 1.83 bits per heavy atom. The highest BCUT2D eigenvalue weighted by Crippen LogP contribution is 2.23. The smallest absolute Gasteiger partial charge is 0.255 e. The van der Waals surface area contributed by atoms with Crippen molar-refractivity contribution < 1.29 is 13.9 Å². The quantitative estimate of drug-likeness (QED) is 0.444. The molecule has 0 aliphatic heterocycles. The summed E-state index contributed by atoms with van der Waals surface area (Å²) in [4.78, 5) is 17.0. The number of fused-ring (bicyclic) bond motifs is 1. The summed E-state index contributed by atoms with van der Waals surface area (Å²) in [5.41, 5.74) is 3.64.